The van der Waals surface area contributed by atoms with Gasteiger partial charge in [-0.05, 0) is 35.8 Å². The molecule has 6 heteroatoms. The zero-order valence-corrected chi connectivity index (χ0v) is 13.7. The summed E-state index contributed by atoms with van der Waals surface area (Å²) in [5, 5.41) is 21.4. The third-order valence-corrected chi connectivity index (χ3v) is 4.38. The van der Waals surface area contributed by atoms with Crippen LogP contribution < -0.4 is 0 Å². The van der Waals surface area contributed by atoms with Gasteiger partial charge in [-0.1, -0.05) is 38.1 Å². The van der Waals surface area contributed by atoms with Crippen LogP contribution >= 0.6 is 0 Å². The van der Waals surface area contributed by atoms with Gasteiger partial charge in [0.15, 0.2) is 0 Å². The van der Waals surface area contributed by atoms with Gasteiger partial charge in [-0.25, -0.2) is 0 Å². The minimum atomic E-state index is -0.398. The summed E-state index contributed by atoms with van der Waals surface area (Å²) in [4.78, 5) is 20.6. The first-order chi connectivity index (χ1) is 11.4. The maximum absolute atomic E-state index is 10.7. The molecule has 0 unspecified atom stereocenters. The molecule has 0 bridgehead atoms. The molecule has 2 aromatic carbocycles. The molecule has 6 nitrogen and oxygen atoms in total. The lowest BCUT2D eigenvalue weighted by molar-refractivity contribution is -0.385. The van der Waals surface area contributed by atoms with Gasteiger partial charge in [0, 0.05) is 24.3 Å². The maximum Gasteiger partial charge on any atom is 0.269 e. The molecule has 0 aliphatic rings. The molecule has 126 valence electrons. The molecule has 0 N–H and O–H groups in total. The van der Waals surface area contributed by atoms with E-state index in [0.717, 1.165) is 24.0 Å². The zero-order chi connectivity index (χ0) is 17.7. The lowest BCUT2D eigenvalue weighted by Gasteiger charge is -2.16. The van der Waals surface area contributed by atoms with Crippen molar-refractivity contribution >= 4 is 11.4 Å². The summed E-state index contributed by atoms with van der Waals surface area (Å²) in [5.74, 6) is 0.595. The molecule has 0 aromatic heterocycles. The van der Waals surface area contributed by atoms with Crippen LogP contribution in [0.5, 0.6) is 0 Å². The highest BCUT2D eigenvalue weighted by Gasteiger charge is 2.13. The first-order valence-corrected chi connectivity index (χ1v) is 7.87. The third-order valence-electron chi connectivity index (χ3n) is 4.38. The number of hydrogen-bond donors (Lipinski definition) is 0. The predicted molar refractivity (Wildman–Crippen MR) is 92.3 cm³/mol. The number of benzene rings is 2. The fourth-order valence-electron chi connectivity index (χ4n) is 2.68. The van der Waals surface area contributed by atoms with Crippen molar-refractivity contribution in [2.75, 3.05) is 0 Å². The maximum atomic E-state index is 10.7. The summed E-state index contributed by atoms with van der Waals surface area (Å²) in [7, 11) is 0. The van der Waals surface area contributed by atoms with Crippen LogP contribution in [0.2, 0.25) is 0 Å². The van der Waals surface area contributed by atoms with E-state index in [2.05, 4.69) is 13.8 Å². The second-order valence-corrected chi connectivity index (χ2v) is 6.08. The fourth-order valence-corrected chi connectivity index (χ4v) is 2.68. The van der Waals surface area contributed by atoms with Crippen LogP contribution in [0, 0.1) is 20.2 Å². The van der Waals surface area contributed by atoms with Gasteiger partial charge < -0.3 is 0 Å². The Morgan fingerprint density at radius 2 is 1.00 bits per heavy atom. The zero-order valence-electron chi connectivity index (χ0n) is 13.7. The summed E-state index contributed by atoms with van der Waals surface area (Å²) in [5.41, 5.74) is 2.36. The van der Waals surface area contributed by atoms with Crippen LogP contribution in [0.4, 0.5) is 11.4 Å². The Bertz CT molecular complexity index is 647. The Balaban J connectivity index is 1.93. The molecular weight excluding hydrogens is 308 g/mol. The Morgan fingerprint density at radius 3 is 1.25 bits per heavy atom. The SMILES string of the molecule is C[C@H](CC[C@@H](C)c1ccc([N+](=O)[O-])cc1)c1ccc([N+](=O)[O-])cc1. The lowest BCUT2D eigenvalue weighted by atomic mass is 9.89. The molecule has 0 spiro atoms. The number of hydrogen-bond acceptors (Lipinski definition) is 4. The Morgan fingerprint density at radius 1 is 0.708 bits per heavy atom. The first kappa shape index (κ1) is 17.6. The number of non-ortho nitro benzene ring substituents is 2. The molecule has 0 heterocycles. The van der Waals surface area contributed by atoms with E-state index in [-0.39, 0.29) is 11.4 Å². The van der Waals surface area contributed by atoms with Crippen LogP contribution in [-0.2, 0) is 0 Å². The largest absolute Gasteiger partial charge is 0.269 e. The monoisotopic (exact) mass is 328 g/mol. The van der Waals surface area contributed by atoms with E-state index >= 15 is 0 Å². The van der Waals surface area contributed by atoms with E-state index < -0.39 is 9.85 Å². The van der Waals surface area contributed by atoms with Crippen molar-refractivity contribution in [1.82, 2.24) is 0 Å². The van der Waals surface area contributed by atoms with Crippen LogP contribution in [0.15, 0.2) is 48.5 Å². The fraction of sp³-hybridized carbons (Fsp3) is 0.333. The van der Waals surface area contributed by atoms with E-state index in [1.165, 1.54) is 24.3 Å². The highest BCUT2D eigenvalue weighted by Crippen LogP contribution is 2.29. The highest BCUT2D eigenvalue weighted by molar-refractivity contribution is 5.35. The van der Waals surface area contributed by atoms with Crippen molar-refractivity contribution in [3.05, 3.63) is 79.9 Å². The molecule has 0 radical (unpaired) electrons. The predicted octanol–water partition coefficient (Wildman–Crippen LogP) is 5.19. The van der Waals surface area contributed by atoms with Crippen LogP contribution in [0.1, 0.15) is 49.7 Å². The standard InChI is InChI=1S/C18H20N2O4/c1-13(15-5-9-17(10-6-15)19(21)22)3-4-14(2)16-7-11-18(12-8-16)20(23)24/h5-14H,3-4H2,1-2H3/t13-,14-/m1/s1. The van der Waals surface area contributed by atoms with Crippen molar-refractivity contribution in [1.29, 1.82) is 0 Å². The summed E-state index contributed by atoms with van der Waals surface area (Å²) in [6.07, 6.45) is 1.88. The minimum Gasteiger partial charge on any atom is -0.258 e. The van der Waals surface area contributed by atoms with Gasteiger partial charge in [0.25, 0.3) is 11.4 Å². The second kappa shape index (κ2) is 7.68. The van der Waals surface area contributed by atoms with Crippen molar-refractivity contribution < 1.29 is 9.85 Å². The second-order valence-electron chi connectivity index (χ2n) is 6.08. The minimum absolute atomic E-state index is 0.102. The number of nitro groups is 2. The Labute approximate surface area is 140 Å². The summed E-state index contributed by atoms with van der Waals surface area (Å²) >= 11 is 0. The number of nitro benzene ring substituents is 2. The molecule has 0 saturated heterocycles. The van der Waals surface area contributed by atoms with Gasteiger partial charge in [0.05, 0.1) is 9.85 Å². The number of rotatable bonds is 7. The van der Waals surface area contributed by atoms with Crippen molar-refractivity contribution in [2.24, 2.45) is 0 Å². The van der Waals surface area contributed by atoms with Gasteiger partial charge in [-0.15, -0.1) is 0 Å². The van der Waals surface area contributed by atoms with Crippen LogP contribution in [-0.4, -0.2) is 9.85 Å². The highest BCUT2D eigenvalue weighted by atomic mass is 16.6. The molecule has 0 saturated carbocycles. The van der Waals surface area contributed by atoms with Gasteiger partial charge in [0.1, 0.15) is 0 Å². The quantitative estimate of drug-likeness (QED) is 0.517. The summed E-state index contributed by atoms with van der Waals surface area (Å²) < 4.78 is 0. The molecule has 2 aromatic rings. The molecule has 2 rings (SSSR count). The molecule has 0 aliphatic heterocycles. The molecule has 0 amide bonds. The van der Waals surface area contributed by atoms with Gasteiger partial charge in [-0.3, -0.25) is 20.2 Å². The average molecular weight is 328 g/mol. The van der Waals surface area contributed by atoms with Crippen molar-refractivity contribution in [3.8, 4) is 0 Å². The molecule has 0 aliphatic carbocycles. The summed E-state index contributed by atoms with van der Waals surface area (Å²) in [6, 6.07) is 13.4. The normalized spacial score (nSPS) is 13.2. The average Bonchev–Trinajstić information content (AvgIpc) is 2.59. The molecule has 2 atom stereocenters. The Hall–Kier alpha value is -2.76. The van der Waals surface area contributed by atoms with Gasteiger partial charge in [-0.2, -0.15) is 0 Å². The van der Waals surface area contributed by atoms with Crippen LogP contribution in [0.25, 0.3) is 0 Å². The van der Waals surface area contributed by atoms with Crippen molar-refractivity contribution in [2.45, 2.75) is 38.5 Å². The molecule has 0 fully saturated rings. The van der Waals surface area contributed by atoms with Crippen LogP contribution in [0.3, 0.4) is 0 Å². The van der Waals surface area contributed by atoms with E-state index in [9.17, 15) is 20.2 Å². The van der Waals surface area contributed by atoms with Crippen molar-refractivity contribution in [3.63, 3.8) is 0 Å². The molecular formula is C18H20N2O4. The topological polar surface area (TPSA) is 86.3 Å². The van der Waals surface area contributed by atoms with Gasteiger partial charge >= 0.3 is 0 Å². The van der Waals surface area contributed by atoms with E-state index in [1.54, 1.807) is 24.3 Å². The molecule has 24 heavy (non-hydrogen) atoms. The van der Waals surface area contributed by atoms with E-state index in [0.29, 0.717) is 11.8 Å². The number of nitrogens with zero attached hydrogens (tertiary/aromatic N) is 2. The Kier molecular flexibility index (Phi) is 5.63. The summed E-state index contributed by atoms with van der Waals surface area (Å²) in [6.45, 7) is 4.20. The third kappa shape index (κ3) is 4.38. The van der Waals surface area contributed by atoms with Gasteiger partial charge in [0.2, 0.25) is 0 Å². The van der Waals surface area contributed by atoms with E-state index in [1.807, 2.05) is 0 Å². The van der Waals surface area contributed by atoms with E-state index in [4.69, 9.17) is 0 Å². The smallest absolute Gasteiger partial charge is 0.258 e. The lowest BCUT2D eigenvalue weighted by Crippen LogP contribution is -2.00. The first-order valence-electron chi connectivity index (χ1n) is 7.87.